The van der Waals surface area contributed by atoms with Crippen molar-refractivity contribution in [1.82, 2.24) is 9.55 Å². The fourth-order valence-electron chi connectivity index (χ4n) is 1.63. The summed E-state index contributed by atoms with van der Waals surface area (Å²) < 4.78 is 1.80. The number of thioether (sulfide) groups is 1. The second-order valence-corrected chi connectivity index (χ2v) is 4.93. The van der Waals surface area contributed by atoms with Crippen LogP contribution in [0.1, 0.15) is 6.92 Å². The van der Waals surface area contributed by atoms with Gasteiger partial charge in [0.1, 0.15) is 0 Å². The molecule has 2 rings (SSSR count). The maximum Gasteiger partial charge on any atom is 0.313 e. The molecular weight excluding hydrogens is 278 g/mol. The number of carboxylic acids is 1. The highest BCUT2D eigenvalue weighted by Crippen LogP contribution is 2.21. The van der Waals surface area contributed by atoms with Gasteiger partial charge in [0.15, 0.2) is 5.16 Å². The summed E-state index contributed by atoms with van der Waals surface area (Å²) in [6.45, 7) is 1.45. The summed E-state index contributed by atoms with van der Waals surface area (Å²) in [6, 6.07) is 7.22. The first-order valence-corrected chi connectivity index (χ1v) is 6.81. The van der Waals surface area contributed by atoms with Crippen molar-refractivity contribution in [3.63, 3.8) is 0 Å². The number of nitrogens with zero attached hydrogens (tertiary/aromatic N) is 2. The van der Waals surface area contributed by atoms with Crippen LogP contribution in [0.15, 0.2) is 41.8 Å². The first-order valence-electron chi connectivity index (χ1n) is 5.82. The average molecular weight is 291 g/mol. The van der Waals surface area contributed by atoms with Gasteiger partial charge in [-0.15, -0.1) is 0 Å². The molecule has 1 amide bonds. The lowest BCUT2D eigenvalue weighted by molar-refractivity contribution is -0.133. The highest BCUT2D eigenvalue weighted by molar-refractivity contribution is 7.99. The number of anilines is 1. The topological polar surface area (TPSA) is 84.2 Å². The smallest absolute Gasteiger partial charge is 0.313 e. The van der Waals surface area contributed by atoms with Crippen LogP contribution in [0.5, 0.6) is 0 Å². The van der Waals surface area contributed by atoms with E-state index in [9.17, 15) is 9.59 Å². The van der Waals surface area contributed by atoms with E-state index in [-0.39, 0.29) is 11.7 Å². The van der Waals surface area contributed by atoms with Crippen molar-refractivity contribution in [2.45, 2.75) is 12.1 Å². The molecule has 0 saturated heterocycles. The summed E-state index contributed by atoms with van der Waals surface area (Å²) >= 11 is 1.15. The fraction of sp³-hybridized carbons (Fsp3) is 0.154. The summed E-state index contributed by atoms with van der Waals surface area (Å²) in [5.41, 5.74) is 1.56. The van der Waals surface area contributed by atoms with Crippen molar-refractivity contribution in [3.8, 4) is 5.69 Å². The van der Waals surface area contributed by atoms with Crippen molar-refractivity contribution in [2.75, 3.05) is 11.1 Å². The predicted molar refractivity (Wildman–Crippen MR) is 76.2 cm³/mol. The SMILES string of the molecule is CC(=O)Nc1ccc(-n2ccnc2SCC(=O)O)cc1. The van der Waals surface area contributed by atoms with Crippen LogP contribution in [0.4, 0.5) is 5.69 Å². The number of amides is 1. The zero-order chi connectivity index (χ0) is 14.5. The minimum Gasteiger partial charge on any atom is -0.481 e. The van der Waals surface area contributed by atoms with E-state index < -0.39 is 5.97 Å². The Bertz CT molecular complexity index is 622. The molecule has 6 nitrogen and oxygen atoms in total. The Morgan fingerprint density at radius 2 is 2.05 bits per heavy atom. The Hall–Kier alpha value is -2.28. The normalized spacial score (nSPS) is 10.2. The Morgan fingerprint density at radius 3 is 2.65 bits per heavy atom. The molecule has 0 aliphatic rings. The van der Waals surface area contributed by atoms with Gasteiger partial charge in [0.25, 0.3) is 0 Å². The molecule has 1 heterocycles. The molecule has 0 spiro atoms. The van der Waals surface area contributed by atoms with Crippen LogP contribution in [0, 0.1) is 0 Å². The quantitative estimate of drug-likeness (QED) is 0.823. The Balaban J connectivity index is 2.17. The highest BCUT2D eigenvalue weighted by Gasteiger charge is 2.08. The molecule has 0 aliphatic carbocycles. The van der Waals surface area contributed by atoms with Crippen molar-refractivity contribution < 1.29 is 14.7 Å². The van der Waals surface area contributed by atoms with Crippen LogP contribution in [0.25, 0.3) is 5.69 Å². The van der Waals surface area contributed by atoms with E-state index in [1.54, 1.807) is 29.1 Å². The third-order valence-electron chi connectivity index (χ3n) is 2.40. The maximum atomic E-state index is 10.9. The molecule has 2 aromatic rings. The molecule has 0 unspecified atom stereocenters. The third kappa shape index (κ3) is 3.61. The molecule has 1 aromatic carbocycles. The van der Waals surface area contributed by atoms with Gasteiger partial charge in [0.2, 0.25) is 5.91 Å². The van der Waals surface area contributed by atoms with Gasteiger partial charge in [-0.3, -0.25) is 14.2 Å². The molecular formula is C13H13N3O3S. The number of aromatic nitrogens is 2. The van der Waals surface area contributed by atoms with E-state index in [0.717, 1.165) is 17.4 Å². The number of hydrogen-bond donors (Lipinski definition) is 2. The monoisotopic (exact) mass is 291 g/mol. The number of benzene rings is 1. The molecule has 1 aromatic heterocycles. The first kappa shape index (κ1) is 14.1. The van der Waals surface area contributed by atoms with Crippen molar-refractivity contribution in [3.05, 3.63) is 36.7 Å². The molecule has 0 bridgehead atoms. The average Bonchev–Trinajstić information content (AvgIpc) is 2.85. The van der Waals surface area contributed by atoms with E-state index >= 15 is 0 Å². The Labute approximate surface area is 119 Å². The fourth-order valence-corrected chi connectivity index (χ4v) is 2.32. The van der Waals surface area contributed by atoms with Crippen LogP contribution in [-0.2, 0) is 9.59 Å². The second-order valence-electron chi connectivity index (χ2n) is 3.99. The van der Waals surface area contributed by atoms with Gasteiger partial charge >= 0.3 is 5.97 Å². The van der Waals surface area contributed by atoms with Crippen LogP contribution in [-0.4, -0.2) is 32.3 Å². The molecule has 0 aliphatic heterocycles. The number of carboxylic acid groups (broad SMARTS) is 1. The van der Waals surface area contributed by atoms with Gasteiger partial charge in [-0.25, -0.2) is 4.98 Å². The van der Waals surface area contributed by atoms with Gasteiger partial charge in [-0.2, -0.15) is 0 Å². The highest BCUT2D eigenvalue weighted by atomic mass is 32.2. The molecule has 104 valence electrons. The van der Waals surface area contributed by atoms with Gasteiger partial charge in [-0.05, 0) is 24.3 Å². The standard InChI is InChI=1S/C13H13N3O3S/c1-9(17)15-10-2-4-11(5-3-10)16-7-6-14-13(16)20-8-12(18)19/h2-7H,8H2,1H3,(H,15,17)(H,18,19). The first-order chi connectivity index (χ1) is 9.56. The number of rotatable bonds is 5. The molecule has 0 saturated carbocycles. The lowest BCUT2D eigenvalue weighted by atomic mass is 10.3. The largest absolute Gasteiger partial charge is 0.481 e. The van der Waals surface area contributed by atoms with Crippen LogP contribution in [0.3, 0.4) is 0 Å². The maximum absolute atomic E-state index is 10.9. The van der Waals surface area contributed by atoms with E-state index in [1.807, 2.05) is 12.1 Å². The molecule has 20 heavy (non-hydrogen) atoms. The Morgan fingerprint density at radius 1 is 1.35 bits per heavy atom. The van der Waals surface area contributed by atoms with Crippen molar-refractivity contribution >= 4 is 29.3 Å². The molecule has 0 radical (unpaired) electrons. The van der Waals surface area contributed by atoms with Gasteiger partial charge in [0, 0.05) is 30.7 Å². The summed E-state index contributed by atoms with van der Waals surface area (Å²) in [5, 5.41) is 12.0. The van der Waals surface area contributed by atoms with Crippen molar-refractivity contribution in [2.24, 2.45) is 0 Å². The van der Waals surface area contributed by atoms with E-state index in [1.165, 1.54) is 6.92 Å². The van der Waals surface area contributed by atoms with Gasteiger partial charge in [-0.1, -0.05) is 11.8 Å². The van der Waals surface area contributed by atoms with Crippen molar-refractivity contribution in [1.29, 1.82) is 0 Å². The summed E-state index contributed by atoms with van der Waals surface area (Å²) in [5.74, 6) is -1.05. The summed E-state index contributed by atoms with van der Waals surface area (Å²) in [7, 11) is 0. The third-order valence-corrected chi connectivity index (χ3v) is 3.35. The number of aliphatic carboxylic acids is 1. The van der Waals surface area contributed by atoms with Gasteiger partial charge < -0.3 is 10.4 Å². The van der Waals surface area contributed by atoms with Crippen LogP contribution >= 0.6 is 11.8 Å². The number of nitrogens with one attached hydrogen (secondary N) is 1. The van der Waals surface area contributed by atoms with Crippen LogP contribution < -0.4 is 5.32 Å². The number of carbonyl (C=O) groups is 2. The summed E-state index contributed by atoms with van der Waals surface area (Å²) in [4.78, 5) is 25.7. The lowest BCUT2D eigenvalue weighted by Crippen LogP contribution is -2.06. The lowest BCUT2D eigenvalue weighted by Gasteiger charge is -2.08. The number of imidazole rings is 1. The van der Waals surface area contributed by atoms with Gasteiger partial charge in [0.05, 0.1) is 5.75 Å². The number of carbonyl (C=O) groups excluding carboxylic acids is 1. The molecule has 0 atom stereocenters. The molecule has 7 heteroatoms. The molecule has 0 fully saturated rings. The predicted octanol–water partition coefficient (Wildman–Crippen LogP) is 2.01. The van der Waals surface area contributed by atoms with Crippen LogP contribution in [0.2, 0.25) is 0 Å². The van der Waals surface area contributed by atoms with E-state index in [2.05, 4.69) is 10.3 Å². The zero-order valence-electron chi connectivity index (χ0n) is 10.7. The van der Waals surface area contributed by atoms with E-state index in [0.29, 0.717) is 10.8 Å². The number of hydrogen-bond acceptors (Lipinski definition) is 4. The van der Waals surface area contributed by atoms with E-state index in [4.69, 9.17) is 5.11 Å². The minimum atomic E-state index is -0.884. The zero-order valence-corrected chi connectivity index (χ0v) is 11.6. The summed E-state index contributed by atoms with van der Waals surface area (Å²) in [6.07, 6.45) is 3.38. The minimum absolute atomic E-state index is 0.0407. The second kappa shape index (κ2) is 6.25. The Kier molecular flexibility index (Phi) is 4.41. The molecule has 2 N–H and O–H groups in total.